The lowest BCUT2D eigenvalue weighted by Gasteiger charge is -2.25. The van der Waals surface area contributed by atoms with Crippen LogP contribution in [0.2, 0.25) is 0 Å². The SMILES string of the molecule is C=CCc1ccc2c(c1)N(C(=O)OC(C)(C)C)CC2. The molecule has 102 valence electrons. The zero-order chi connectivity index (χ0) is 14.0. The first-order chi connectivity index (χ1) is 8.90. The molecule has 0 spiro atoms. The number of carbonyl (C=O) groups is 1. The van der Waals surface area contributed by atoms with Gasteiger partial charge in [-0.15, -0.1) is 6.58 Å². The van der Waals surface area contributed by atoms with E-state index in [1.165, 1.54) is 11.1 Å². The third-order valence-corrected chi connectivity index (χ3v) is 3.04. The summed E-state index contributed by atoms with van der Waals surface area (Å²) in [6.45, 7) is 10.1. The van der Waals surface area contributed by atoms with Crippen molar-refractivity contribution in [2.45, 2.75) is 39.2 Å². The quantitative estimate of drug-likeness (QED) is 0.758. The lowest BCUT2D eigenvalue weighted by atomic mass is 10.1. The van der Waals surface area contributed by atoms with Gasteiger partial charge in [0.2, 0.25) is 0 Å². The van der Waals surface area contributed by atoms with E-state index in [0.717, 1.165) is 18.5 Å². The Morgan fingerprint density at radius 1 is 1.47 bits per heavy atom. The first-order valence-corrected chi connectivity index (χ1v) is 6.64. The van der Waals surface area contributed by atoms with Crippen molar-refractivity contribution >= 4 is 11.8 Å². The topological polar surface area (TPSA) is 29.5 Å². The number of benzene rings is 1. The summed E-state index contributed by atoms with van der Waals surface area (Å²) < 4.78 is 5.45. The second-order valence-electron chi connectivity index (χ2n) is 5.84. The van der Waals surface area contributed by atoms with E-state index in [1.54, 1.807) is 4.90 Å². The average molecular weight is 259 g/mol. The van der Waals surface area contributed by atoms with Crippen molar-refractivity contribution in [1.29, 1.82) is 0 Å². The van der Waals surface area contributed by atoms with Crippen LogP contribution in [-0.2, 0) is 17.6 Å². The molecular formula is C16H21NO2. The minimum atomic E-state index is -0.460. The molecule has 1 aliphatic rings. The second kappa shape index (κ2) is 5.08. The number of allylic oxidation sites excluding steroid dienone is 1. The summed E-state index contributed by atoms with van der Waals surface area (Å²) in [5, 5.41) is 0. The zero-order valence-electron chi connectivity index (χ0n) is 11.9. The summed E-state index contributed by atoms with van der Waals surface area (Å²) in [7, 11) is 0. The van der Waals surface area contributed by atoms with Gasteiger partial charge in [-0.05, 0) is 50.8 Å². The van der Waals surface area contributed by atoms with Gasteiger partial charge in [0.15, 0.2) is 0 Å². The van der Waals surface area contributed by atoms with E-state index in [-0.39, 0.29) is 6.09 Å². The number of nitrogens with zero attached hydrogens (tertiary/aromatic N) is 1. The number of rotatable bonds is 2. The van der Waals surface area contributed by atoms with Crippen molar-refractivity contribution in [3.63, 3.8) is 0 Å². The van der Waals surface area contributed by atoms with E-state index in [2.05, 4.69) is 24.8 Å². The van der Waals surface area contributed by atoms with Gasteiger partial charge in [-0.3, -0.25) is 4.90 Å². The fraction of sp³-hybridized carbons (Fsp3) is 0.438. The number of fused-ring (bicyclic) bond motifs is 1. The maximum atomic E-state index is 12.2. The number of carbonyl (C=O) groups excluding carboxylic acids is 1. The first-order valence-electron chi connectivity index (χ1n) is 6.64. The highest BCUT2D eigenvalue weighted by Crippen LogP contribution is 2.30. The van der Waals surface area contributed by atoms with Gasteiger partial charge < -0.3 is 4.74 Å². The van der Waals surface area contributed by atoms with Crippen molar-refractivity contribution in [2.24, 2.45) is 0 Å². The van der Waals surface area contributed by atoms with Crippen LogP contribution in [0, 0.1) is 0 Å². The summed E-state index contributed by atoms with van der Waals surface area (Å²) in [5.74, 6) is 0. The lowest BCUT2D eigenvalue weighted by molar-refractivity contribution is 0.0584. The molecule has 1 heterocycles. The summed E-state index contributed by atoms with van der Waals surface area (Å²) in [6, 6.07) is 6.26. The van der Waals surface area contributed by atoms with Gasteiger partial charge in [-0.1, -0.05) is 18.2 Å². The van der Waals surface area contributed by atoms with Gasteiger partial charge >= 0.3 is 6.09 Å². The van der Waals surface area contributed by atoms with Crippen molar-refractivity contribution < 1.29 is 9.53 Å². The minimum Gasteiger partial charge on any atom is -0.443 e. The van der Waals surface area contributed by atoms with Crippen molar-refractivity contribution in [3.05, 3.63) is 42.0 Å². The minimum absolute atomic E-state index is 0.262. The Labute approximate surface area is 114 Å². The molecule has 1 aromatic rings. The molecule has 1 aromatic carbocycles. The molecule has 3 nitrogen and oxygen atoms in total. The van der Waals surface area contributed by atoms with Crippen LogP contribution in [-0.4, -0.2) is 18.2 Å². The van der Waals surface area contributed by atoms with Crippen molar-refractivity contribution in [2.75, 3.05) is 11.4 Å². The molecule has 0 bridgehead atoms. The monoisotopic (exact) mass is 259 g/mol. The van der Waals surface area contributed by atoms with Crippen LogP contribution in [0.3, 0.4) is 0 Å². The van der Waals surface area contributed by atoms with Crippen LogP contribution in [0.15, 0.2) is 30.9 Å². The molecule has 19 heavy (non-hydrogen) atoms. The van der Waals surface area contributed by atoms with Gasteiger partial charge in [0.05, 0.1) is 5.69 Å². The molecular weight excluding hydrogens is 238 g/mol. The average Bonchev–Trinajstić information content (AvgIpc) is 2.70. The standard InChI is InChI=1S/C16H21NO2/c1-5-6-12-7-8-13-9-10-17(14(13)11-12)15(18)19-16(2,3)4/h5,7-8,11H,1,6,9-10H2,2-4H3. The molecule has 0 radical (unpaired) electrons. The Bertz CT molecular complexity index is 500. The highest BCUT2D eigenvalue weighted by Gasteiger charge is 2.28. The molecule has 0 saturated carbocycles. The Kier molecular flexibility index (Phi) is 3.65. The zero-order valence-corrected chi connectivity index (χ0v) is 11.9. The Hall–Kier alpha value is -1.77. The number of anilines is 1. The molecule has 0 atom stereocenters. The lowest BCUT2D eigenvalue weighted by Crippen LogP contribution is -2.35. The highest BCUT2D eigenvalue weighted by molar-refractivity contribution is 5.90. The largest absolute Gasteiger partial charge is 0.443 e. The van der Waals surface area contributed by atoms with E-state index in [1.807, 2.05) is 26.8 Å². The summed E-state index contributed by atoms with van der Waals surface area (Å²) in [5.41, 5.74) is 2.90. The van der Waals surface area contributed by atoms with E-state index in [0.29, 0.717) is 6.54 Å². The summed E-state index contributed by atoms with van der Waals surface area (Å²) in [4.78, 5) is 13.9. The second-order valence-corrected chi connectivity index (χ2v) is 5.84. The molecule has 0 unspecified atom stereocenters. The van der Waals surface area contributed by atoms with Gasteiger partial charge in [0, 0.05) is 6.54 Å². The predicted molar refractivity (Wildman–Crippen MR) is 77.6 cm³/mol. The van der Waals surface area contributed by atoms with Crippen LogP contribution in [0.5, 0.6) is 0 Å². The molecule has 3 heteroatoms. The fourth-order valence-corrected chi connectivity index (χ4v) is 2.23. The van der Waals surface area contributed by atoms with Crippen LogP contribution in [0.4, 0.5) is 10.5 Å². The fourth-order valence-electron chi connectivity index (χ4n) is 2.23. The van der Waals surface area contributed by atoms with Gasteiger partial charge in [-0.25, -0.2) is 4.79 Å². The normalized spacial score (nSPS) is 14.2. The maximum absolute atomic E-state index is 12.2. The molecule has 0 aliphatic carbocycles. The number of amides is 1. The Morgan fingerprint density at radius 3 is 2.84 bits per heavy atom. The molecule has 0 N–H and O–H groups in total. The number of hydrogen-bond acceptors (Lipinski definition) is 2. The number of ether oxygens (including phenoxy) is 1. The van der Waals surface area contributed by atoms with Gasteiger partial charge in [-0.2, -0.15) is 0 Å². The smallest absolute Gasteiger partial charge is 0.414 e. The Morgan fingerprint density at radius 2 is 2.21 bits per heavy atom. The first kappa shape index (κ1) is 13.7. The van der Waals surface area contributed by atoms with Crippen LogP contribution < -0.4 is 4.90 Å². The predicted octanol–water partition coefficient (Wildman–Crippen LogP) is 3.71. The van der Waals surface area contributed by atoms with Gasteiger partial charge in [0.1, 0.15) is 5.60 Å². The third kappa shape index (κ3) is 3.16. The molecule has 0 aromatic heterocycles. The molecule has 2 rings (SSSR count). The molecule has 1 aliphatic heterocycles. The number of hydrogen-bond donors (Lipinski definition) is 0. The molecule has 0 saturated heterocycles. The van der Waals surface area contributed by atoms with E-state index >= 15 is 0 Å². The summed E-state index contributed by atoms with van der Waals surface area (Å²) >= 11 is 0. The van der Waals surface area contributed by atoms with Crippen molar-refractivity contribution in [3.8, 4) is 0 Å². The van der Waals surface area contributed by atoms with E-state index in [4.69, 9.17) is 4.74 Å². The van der Waals surface area contributed by atoms with Crippen LogP contribution in [0.1, 0.15) is 31.9 Å². The maximum Gasteiger partial charge on any atom is 0.414 e. The molecule has 0 fully saturated rings. The summed E-state index contributed by atoms with van der Waals surface area (Å²) in [6.07, 6.45) is 3.31. The van der Waals surface area contributed by atoms with Gasteiger partial charge in [0.25, 0.3) is 0 Å². The van der Waals surface area contributed by atoms with Crippen LogP contribution in [0.25, 0.3) is 0 Å². The van der Waals surface area contributed by atoms with Crippen LogP contribution >= 0.6 is 0 Å². The Balaban J connectivity index is 2.22. The molecule has 1 amide bonds. The third-order valence-electron chi connectivity index (χ3n) is 3.04. The van der Waals surface area contributed by atoms with E-state index < -0.39 is 5.60 Å². The highest BCUT2D eigenvalue weighted by atomic mass is 16.6. The van der Waals surface area contributed by atoms with E-state index in [9.17, 15) is 4.79 Å². The van der Waals surface area contributed by atoms with Crippen molar-refractivity contribution in [1.82, 2.24) is 0 Å².